The third kappa shape index (κ3) is 5.97. The van der Waals surface area contributed by atoms with Crippen molar-refractivity contribution in [2.45, 2.75) is 50.2 Å². The number of benzene rings is 2. The Morgan fingerprint density at radius 3 is 2.32 bits per heavy atom. The predicted octanol–water partition coefficient (Wildman–Crippen LogP) is 2.11. The van der Waals surface area contributed by atoms with Gasteiger partial charge in [0.2, 0.25) is 10.0 Å². The van der Waals surface area contributed by atoms with Crippen LogP contribution in [0, 0.1) is 5.82 Å². The second-order valence-electron chi connectivity index (χ2n) is 8.83. The summed E-state index contributed by atoms with van der Waals surface area (Å²) in [4.78, 5) is 36.2. The fraction of sp³-hybridized carbons (Fsp3) is 0.348. The van der Waals surface area contributed by atoms with Crippen molar-refractivity contribution >= 4 is 27.9 Å². The van der Waals surface area contributed by atoms with Crippen molar-refractivity contribution in [3.05, 3.63) is 65.5 Å². The maximum Gasteiger partial charge on any atom is 0.325 e. The van der Waals surface area contributed by atoms with Crippen LogP contribution in [0.3, 0.4) is 0 Å². The number of nitrogens with one attached hydrogen (secondary N) is 2. The Bertz CT molecular complexity index is 1210. The maximum atomic E-state index is 14.3. The van der Waals surface area contributed by atoms with Crippen molar-refractivity contribution < 1.29 is 31.9 Å². The van der Waals surface area contributed by atoms with E-state index in [0.29, 0.717) is 5.56 Å². The number of hydrogen-bond donors (Lipinski definition) is 2. The smallest absolute Gasteiger partial charge is 0.325 e. The molecular weight excluding hydrogens is 465 g/mol. The molecule has 0 saturated carbocycles. The van der Waals surface area contributed by atoms with Gasteiger partial charge in [0.05, 0.1) is 0 Å². The Morgan fingerprint density at radius 1 is 1.06 bits per heavy atom. The third-order valence-electron chi connectivity index (χ3n) is 4.99. The SMILES string of the molecule is CC(C)(C)NC(=O)NC(=O)COC(=O)[C@@H]1Cc2ccccc2CN1S(=O)(=O)c1ccccc1F. The van der Waals surface area contributed by atoms with Gasteiger partial charge in [-0.25, -0.2) is 17.6 Å². The minimum atomic E-state index is -4.41. The molecule has 2 N–H and O–H groups in total. The molecular formula is C23H26FN3O6S. The minimum absolute atomic E-state index is 0.0190. The van der Waals surface area contributed by atoms with Crippen molar-refractivity contribution in [1.82, 2.24) is 14.9 Å². The average Bonchev–Trinajstić information content (AvgIpc) is 2.75. The van der Waals surface area contributed by atoms with Crippen LogP contribution in [0.25, 0.3) is 0 Å². The van der Waals surface area contributed by atoms with Gasteiger partial charge in [-0.1, -0.05) is 36.4 Å². The highest BCUT2D eigenvalue weighted by molar-refractivity contribution is 7.89. The number of carbonyl (C=O) groups is 3. The van der Waals surface area contributed by atoms with E-state index in [1.807, 2.05) is 5.32 Å². The molecule has 34 heavy (non-hydrogen) atoms. The lowest BCUT2D eigenvalue weighted by molar-refractivity contribution is -0.152. The quantitative estimate of drug-likeness (QED) is 0.618. The summed E-state index contributed by atoms with van der Waals surface area (Å²) < 4.78 is 46.9. The van der Waals surface area contributed by atoms with E-state index in [4.69, 9.17) is 4.74 Å². The van der Waals surface area contributed by atoms with Crippen LogP contribution in [-0.2, 0) is 37.3 Å². The summed E-state index contributed by atoms with van der Waals surface area (Å²) in [6.45, 7) is 4.21. The highest BCUT2D eigenvalue weighted by Gasteiger charge is 2.41. The first-order valence-electron chi connectivity index (χ1n) is 10.5. The van der Waals surface area contributed by atoms with Crippen molar-refractivity contribution in [3.8, 4) is 0 Å². The zero-order valence-corrected chi connectivity index (χ0v) is 19.8. The second-order valence-corrected chi connectivity index (χ2v) is 10.7. The topological polar surface area (TPSA) is 122 Å². The predicted molar refractivity (Wildman–Crippen MR) is 120 cm³/mol. The Morgan fingerprint density at radius 2 is 1.68 bits per heavy atom. The maximum absolute atomic E-state index is 14.3. The van der Waals surface area contributed by atoms with Gasteiger partial charge in [0.1, 0.15) is 16.8 Å². The lowest BCUT2D eigenvalue weighted by Gasteiger charge is -2.34. The van der Waals surface area contributed by atoms with Crippen LogP contribution < -0.4 is 10.6 Å². The molecule has 1 aliphatic rings. The van der Waals surface area contributed by atoms with Crippen LogP contribution in [0.2, 0.25) is 0 Å². The van der Waals surface area contributed by atoms with E-state index in [0.717, 1.165) is 22.0 Å². The molecule has 182 valence electrons. The molecule has 2 aromatic carbocycles. The minimum Gasteiger partial charge on any atom is -0.454 e. The van der Waals surface area contributed by atoms with E-state index >= 15 is 0 Å². The van der Waals surface area contributed by atoms with Crippen LogP contribution in [0.4, 0.5) is 9.18 Å². The van der Waals surface area contributed by atoms with Gasteiger partial charge < -0.3 is 10.1 Å². The molecule has 1 heterocycles. The van der Waals surface area contributed by atoms with Crippen LogP contribution in [0.1, 0.15) is 31.9 Å². The van der Waals surface area contributed by atoms with Crippen LogP contribution >= 0.6 is 0 Å². The van der Waals surface area contributed by atoms with E-state index in [9.17, 15) is 27.2 Å². The fourth-order valence-electron chi connectivity index (χ4n) is 3.50. The first-order valence-corrected chi connectivity index (χ1v) is 11.9. The fourth-order valence-corrected chi connectivity index (χ4v) is 5.12. The van der Waals surface area contributed by atoms with Crippen molar-refractivity contribution in [3.63, 3.8) is 0 Å². The molecule has 2 aromatic rings. The van der Waals surface area contributed by atoms with E-state index in [1.165, 1.54) is 12.1 Å². The summed E-state index contributed by atoms with van der Waals surface area (Å²) in [5.74, 6) is -2.81. The number of carbonyl (C=O) groups excluding carboxylic acids is 3. The molecule has 0 radical (unpaired) electrons. The van der Waals surface area contributed by atoms with E-state index < -0.39 is 56.8 Å². The number of imide groups is 1. The summed E-state index contributed by atoms with van der Waals surface area (Å²) >= 11 is 0. The van der Waals surface area contributed by atoms with Gasteiger partial charge >= 0.3 is 12.0 Å². The molecule has 3 amide bonds. The molecule has 0 fully saturated rings. The third-order valence-corrected chi connectivity index (χ3v) is 6.88. The standard InChI is InChI=1S/C23H26FN3O6S/c1-23(2,3)26-22(30)25-20(28)14-33-21(29)18-12-15-8-4-5-9-16(15)13-27(18)34(31,32)19-11-7-6-10-17(19)24/h4-11,18H,12-14H2,1-3H3,(H2,25,26,28,30)/t18-/m0/s1. The first kappa shape index (κ1) is 25.3. The van der Waals surface area contributed by atoms with Crippen molar-refractivity contribution in [2.24, 2.45) is 0 Å². The summed E-state index contributed by atoms with van der Waals surface area (Å²) in [6.07, 6.45) is -0.0190. The average molecular weight is 492 g/mol. The Balaban J connectivity index is 1.80. The monoisotopic (exact) mass is 491 g/mol. The highest BCUT2D eigenvalue weighted by Crippen LogP contribution is 2.30. The normalized spacial score (nSPS) is 16.3. The number of sulfonamides is 1. The number of halogens is 1. The van der Waals surface area contributed by atoms with Gasteiger partial charge in [-0.2, -0.15) is 4.31 Å². The summed E-state index contributed by atoms with van der Waals surface area (Å²) in [6, 6.07) is 9.77. The molecule has 1 atom stereocenters. The Kier molecular flexibility index (Phi) is 7.37. The molecule has 11 heteroatoms. The van der Waals surface area contributed by atoms with Gasteiger partial charge in [-0.05, 0) is 44.0 Å². The van der Waals surface area contributed by atoms with Gasteiger partial charge in [-0.15, -0.1) is 0 Å². The number of amides is 3. The van der Waals surface area contributed by atoms with Crippen molar-refractivity contribution in [2.75, 3.05) is 6.61 Å². The lowest BCUT2D eigenvalue weighted by Crippen LogP contribution is -2.51. The number of esters is 1. The van der Waals surface area contributed by atoms with Gasteiger partial charge in [-0.3, -0.25) is 14.9 Å². The molecule has 1 aliphatic heterocycles. The number of hydrogen-bond acceptors (Lipinski definition) is 6. The molecule has 9 nitrogen and oxygen atoms in total. The van der Waals surface area contributed by atoms with Crippen molar-refractivity contribution in [1.29, 1.82) is 0 Å². The van der Waals surface area contributed by atoms with E-state index in [-0.39, 0.29) is 13.0 Å². The second kappa shape index (κ2) is 9.90. The molecule has 0 aromatic heterocycles. The highest BCUT2D eigenvalue weighted by atomic mass is 32.2. The summed E-state index contributed by atoms with van der Waals surface area (Å²) in [5.41, 5.74) is 0.819. The number of rotatable bonds is 5. The van der Waals surface area contributed by atoms with Crippen LogP contribution in [0.15, 0.2) is 53.4 Å². The first-order chi connectivity index (χ1) is 15.9. The molecule has 0 spiro atoms. The van der Waals surface area contributed by atoms with Gasteiger partial charge in [0.15, 0.2) is 6.61 Å². The largest absolute Gasteiger partial charge is 0.454 e. The molecule has 0 saturated heterocycles. The molecule has 0 unspecified atom stereocenters. The van der Waals surface area contributed by atoms with E-state index in [1.54, 1.807) is 45.0 Å². The summed E-state index contributed by atoms with van der Waals surface area (Å²) in [5, 5.41) is 4.57. The Labute approximate surface area is 197 Å². The molecule has 0 aliphatic carbocycles. The Hall–Kier alpha value is -3.31. The van der Waals surface area contributed by atoms with E-state index in [2.05, 4.69) is 5.32 Å². The lowest BCUT2D eigenvalue weighted by atomic mass is 9.96. The van der Waals surface area contributed by atoms with Crippen LogP contribution in [0.5, 0.6) is 0 Å². The number of ether oxygens (including phenoxy) is 1. The van der Waals surface area contributed by atoms with Gasteiger partial charge in [0.25, 0.3) is 5.91 Å². The number of fused-ring (bicyclic) bond motifs is 1. The van der Waals surface area contributed by atoms with Gasteiger partial charge in [0, 0.05) is 18.5 Å². The zero-order valence-electron chi connectivity index (χ0n) is 19.0. The van der Waals surface area contributed by atoms with Crippen LogP contribution in [-0.4, -0.2) is 48.8 Å². The molecule has 0 bridgehead atoms. The summed E-state index contributed by atoms with van der Waals surface area (Å²) in [7, 11) is -4.41. The number of urea groups is 1. The number of nitrogens with zero attached hydrogens (tertiary/aromatic N) is 1. The molecule has 3 rings (SSSR count). The zero-order chi connectivity index (χ0) is 25.1.